The Labute approximate surface area is 163 Å². The van der Waals surface area contributed by atoms with Gasteiger partial charge >= 0.3 is 0 Å². The zero-order valence-corrected chi connectivity index (χ0v) is 16.7. The van der Waals surface area contributed by atoms with Crippen LogP contribution in [0.3, 0.4) is 0 Å². The molecule has 0 radical (unpaired) electrons. The van der Waals surface area contributed by atoms with Crippen LogP contribution in [0.2, 0.25) is 0 Å². The maximum absolute atomic E-state index is 12.4. The molecule has 0 N–H and O–H groups in total. The number of aromatic nitrogens is 1. The molecule has 2 aliphatic heterocycles. The molecule has 6 heteroatoms. The van der Waals surface area contributed by atoms with E-state index >= 15 is 0 Å². The van der Waals surface area contributed by atoms with Gasteiger partial charge in [0.1, 0.15) is 5.82 Å². The highest BCUT2D eigenvalue weighted by Gasteiger charge is 2.26. The minimum absolute atomic E-state index is 0.305. The van der Waals surface area contributed by atoms with Crippen molar-refractivity contribution in [1.82, 2.24) is 14.8 Å². The summed E-state index contributed by atoms with van der Waals surface area (Å²) in [4.78, 5) is 23.9. The Hall–Kier alpha value is -1.66. The lowest BCUT2D eigenvalue weighted by Gasteiger charge is -2.39. The molecule has 6 nitrogen and oxygen atoms in total. The van der Waals surface area contributed by atoms with Gasteiger partial charge in [-0.3, -0.25) is 9.69 Å². The number of hydrogen-bond donors (Lipinski definition) is 0. The first kappa shape index (κ1) is 20.1. The molecule has 0 spiro atoms. The van der Waals surface area contributed by atoms with E-state index in [0.29, 0.717) is 24.9 Å². The molecule has 3 rings (SSSR count). The monoisotopic (exact) mass is 374 g/mol. The molecule has 2 aliphatic rings. The molecule has 1 atom stereocenters. The normalized spacial score (nSPS) is 21.4. The Morgan fingerprint density at radius 3 is 2.81 bits per heavy atom. The van der Waals surface area contributed by atoms with E-state index in [-0.39, 0.29) is 0 Å². The van der Waals surface area contributed by atoms with Crippen molar-refractivity contribution in [3.8, 4) is 0 Å². The summed E-state index contributed by atoms with van der Waals surface area (Å²) in [5.74, 6) is 1.99. The summed E-state index contributed by atoms with van der Waals surface area (Å²) in [6.07, 6.45) is 5.70. The number of nitrogens with zero attached hydrogens (tertiary/aromatic N) is 4. The van der Waals surface area contributed by atoms with E-state index in [1.807, 2.05) is 19.2 Å². The Bertz CT molecular complexity index is 561. The largest absolute Gasteiger partial charge is 0.382 e. The van der Waals surface area contributed by atoms with Crippen molar-refractivity contribution in [2.45, 2.75) is 32.6 Å². The summed E-state index contributed by atoms with van der Waals surface area (Å²) in [7, 11) is 0. The summed E-state index contributed by atoms with van der Waals surface area (Å²) in [6.45, 7) is 10.6. The number of ether oxygens (including phenoxy) is 1. The second kappa shape index (κ2) is 10.6. The quantitative estimate of drug-likeness (QED) is 0.653. The summed E-state index contributed by atoms with van der Waals surface area (Å²) in [5, 5.41) is 0. The highest BCUT2D eigenvalue weighted by atomic mass is 16.5. The average molecular weight is 375 g/mol. The van der Waals surface area contributed by atoms with Gasteiger partial charge in [0.25, 0.3) is 0 Å². The Kier molecular flexibility index (Phi) is 7.90. The van der Waals surface area contributed by atoms with Crippen molar-refractivity contribution in [3.05, 3.63) is 24.4 Å². The molecule has 2 fully saturated rings. The van der Waals surface area contributed by atoms with Gasteiger partial charge in [0.2, 0.25) is 5.91 Å². The number of piperidine rings is 1. The molecule has 0 saturated carbocycles. The predicted octanol–water partition coefficient (Wildman–Crippen LogP) is 2.26. The minimum Gasteiger partial charge on any atom is -0.382 e. The SMILES string of the molecule is CCOCCCC(=O)N1CCCC(CN2CCN(c3ccccn3)CC2)C1. The molecule has 0 aliphatic carbocycles. The van der Waals surface area contributed by atoms with Crippen molar-refractivity contribution < 1.29 is 9.53 Å². The van der Waals surface area contributed by atoms with Crippen molar-refractivity contribution in [2.24, 2.45) is 5.92 Å². The number of piperazine rings is 1. The van der Waals surface area contributed by atoms with Crippen LogP contribution >= 0.6 is 0 Å². The van der Waals surface area contributed by atoms with Crippen LogP contribution in [0.15, 0.2) is 24.4 Å². The Morgan fingerprint density at radius 2 is 2.07 bits per heavy atom. The molecule has 27 heavy (non-hydrogen) atoms. The smallest absolute Gasteiger partial charge is 0.222 e. The minimum atomic E-state index is 0.305. The van der Waals surface area contributed by atoms with Gasteiger partial charge in [0.15, 0.2) is 0 Å². The van der Waals surface area contributed by atoms with E-state index in [1.54, 1.807) is 0 Å². The molecular formula is C21H34N4O2. The number of anilines is 1. The van der Waals surface area contributed by atoms with E-state index in [2.05, 4.69) is 31.8 Å². The lowest BCUT2D eigenvalue weighted by molar-refractivity contribution is -0.133. The van der Waals surface area contributed by atoms with Crippen LogP contribution in [0.5, 0.6) is 0 Å². The van der Waals surface area contributed by atoms with Crippen LogP contribution < -0.4 is 4.90 Å². The average Bonchev–Trinajstić information content (AvgIpc) is 2.72. The van der Waals surface area contributed by atoms with E-state index in [4.69, 9.17) is 4.74 Å². The van der Waals surface area contributed by atoms with Crippen LogP contribution in [-0.2, 0) is 9.53 Å². The van der Waals surface area contributed by atoms with Gasteiger partial charge in [-0.25, -0.2) is 4.98 Å². The van der Waals surface area contributed by atoms with Gasteiger partial charge in [0, 0.05) is 71.6 Å². The molecule has 1 aromatic heterocycles. The van der Waals surface area contributed by atoms with Crippen LogP contribution in [0.25, 0.3) is 0 Å². The summed E-state index contributed by atoms with van der Waals surface area (Å²) >= 11 is 0. The fourth-order valence-electron chi connectivity index (χ4n) is 4.13. The number of carbonyl (C=O) groups is 1. The van der Waals surface area contributed by atoms with Gasteiger partial charge in [-0.1, -0.05) is 6.07 Å². The summed E-state index contributed by atoms with van der Waals surface area (Å²) in [5.41, 5.74) is 0. The standard InChI is InChI=1S/C21H34N4O2/c1-2-27-16-6-9-21(26)25-11-5-7-19(18-25)17-23-12-14-24(15-13-23)20-8-3-4-10-22-20/h3-4,8,10,19H,2,5-7,9,11-18H2,1H3. The van der Waals surface area contributed by atoms with Crippen LogP contribution in [-0.4, -0.2) is 79.7 Å². The number of carbonyl (C=O) groups excluding carboxylic acids is 1. The molecule has 1 aromatic rings. The third-order valence-electron chi connectivity index (χ3n) is 5.62. The first-order valence-corrected chi connectivity index (χ1v) is 10.5. The van der Waals surface area contributed by atoms with Crippen molar-refractivity contribution in [3.63, 3.8) is 0 Å². The van der Waals surface area contributed by atoms with E-state index in [1.165, 1.54) is 6.42 Å². The molecule has 3 heterocycles. The second-order valence-corrected chi connectivity index (χ2v) is 7.62. The van der Waals surface area contributed by atoms with Crippen molar-refractivity contribution in [2.75, 3.05) is 63.9 Å². The molecule has 1 amide bonds. The number of rotatable bonds is 8. The van der Waals surface area contributed by atoms with Gasteiger partial charge in [-0.2, -0.15) is 0 Å². The number of likely N-dealkylation sites (tertiary alicyclic amines) is 1. The fraction of sp³-hybridized carbons (Fsp3) is 0.714. The third-order valence-corrected chi connectivity index (χ3v) is 5.62. The summed E-state index contributed by atoms with van der Waals surface area (Å²) < 4.78 is 5.35. The van der Waals surface area contributed by atoms with Crippen molar-refractivity contribution >= 4 is 11.7 Å². The maximum Gasteiger partial charge on any atom is 0.222 e. The highest BCUT2D eigenvalue weighted by Crippen LogP contribution is 2.20. The summed E-state index contributed by atoms with van der Waals surface area (Å²) in [6, 6.07) is 6.11. The number of amides is 1. The second-order valence-electron chi connectivity index (χ2n) is 7.62. The van der Waals surface area contributed by atoms with Crippen LogP contribution in [0.1, 0.15) is 32.6 Å². The van der Waals surface area contributed by atoms with E-state index < -0.39 is 0 Å². The fourth-order valence-corrected chi connectivity index (χ4v) is 4.13. The van der Waals surface area contributed by atoms with E-state index in [0.717, 1.165) is 71.1 Å². The van der Waals surface area contributed by atoms with Crippen molar-refractivity contribution in [1.29, 1.82) is 0 Å². The van der Waals surface area contributed by atoms with Gasteiger partial charge < -0.3 is 14.5 Å². The molecule has 0 bridgehead atoms. The lowest BCUT2D eigenvalue weighted by Crippen LogP contribution is -2.50. The predicted molar refractivity (Wildman–Crippen MR) is 108 cm³/mol. The van der Waals surface area contributed by atoms with Crippen LogP contribution in [0.4, 0.5) is 5.82 Å². The Balaban J connectivity index is 1.39. The van der Waals surface area contributed by atoms with Gasteiger partial charge in [-0.05, 0) is 44.2 Å². The van der Waals surface area contributed by atoms with Gasteiger partial charge in [-0.15, -0.1) is 0 Å². The highest BCUT2D eigenvalue weighted by molar-refractivity contribution is 5.76. The topological polar surface area (TPSA) is 48.9 Å². The zero-order valence-electron chi connectivity index (χ0n) is 16.7. The van der Waals surface area contributed by atoms with Crippen LogP contribution in [0, 0.1) is 5.92 Å². The first-order chi connectivity index (χ1) is 13.3. The number of pyridine rings is 1. The maximum atomic E-state index is 12.4. The molecule has 1 unspecified atom stereocenters. The third kappa shape index (κ3) is 6.18. The molecule has 0 aromatic carbocycles. The van der Waals surface area contributed by atoms with Gasteiger partial charge in [0.05, 0.1) is 0 Å². The first-order valence-electron chi connectivity index (χ1n) is 10.5. The lowest BCUT2D eigenvalue weighted by atomic mass is 9.96. The molecular weight excluding hydrogens is 340 g/mol. The Morgan fingerprint density at radius 1 is 1.22 bits per heavy atom. The van der Waals surface area contributed by atoms with E-state index in [9.17, 15) is 4.79 Å². The number of hydrogen-bond acceptors (Lipinski definition) is 5. The molecule has 2 saturated heterocycles. The molecule has 150 valence electrons. The zero-order chi connectivity index (χ0) is 18.9.